The van der Waals surface area contributed by atoms with Crippen LogP contribution in [-0.4, -0.2) is 24.2 Å². The first-order valence-electron chi connectivity index (χ1n) is 7.81. The second-order valence-electron chi connectivity index (χ2n) is 5.51. The third-order valence-corrected chi connectivity index (χ3v) is 3.76. The summed E-state index contributed by atoms with van der Waals surface area (Å²) < 4.78 is 10.4. The minimum absolute atomic E-state index is 0.0554. The zero-order chi connectivity index (χ0) is 16.8. The molecule has 0 saturated carbocycles. The summed E-state index contributed by atoms with van der Waals surface area (Å²) in [6.45, 7) is 0.312. The van der Waals surface area contributed by atoms with Crippen LogP contribution < -0.4 is 10.1 Å². The lowest BCUT2D eigenvalue weighted by Gasteiger charge is -2.10. The molecule has 5 heteroatoms. The Kier molecular flexibility index (Phi) is 5.13. The Hall–Kier alpha value is -2.79. The molecule has 0 aliphatic carbocycles. The van der Waals surface area contributed by atoms with Crippen LogP contribution in [-0.2, 0) is 4.79 Å². The van der Waals surface area contributed by atoms with Gasteiger partial charge in [0.1, 0.15) is 5.75 Å². The fraction of sp³-hybridized carbons (Fsp3) is 0.211. The summed E-state index contributed by atoms with van der Waals surface area (Å²) in [6.07, 6.45) is 2.77. The van der Waals surface area contributed by atoms with Crippen molar-refractivity contribution in [3.05, 3.63) is 66.6 Å². The molecule has 3 rings (SSSR count). The topological polar surface area (TPSA) is 71.7 Å². The van der Waals surface area contributed by atoms with Gasteiger partial charge in [0, 0.05) is 12.1 Å². The molecule has 0 saturated heterocycles. The van der Waals surface area contributed by atoms with E-state index in [1.54, 1.807) is 6.07 Å². The Bertz CT molecular complexity index is 798. The summed E-state index contributed by atoms with van der Waals surface area (Å²) in [5, 5.41) is 14.8. The van der Waals surface area contributed by atoms with Gasteiger partial charge in [-0.15, -0.1) is 0 Å². The highest BCUT2D eigenvalue weighted by Crippen LogP contribution is 2.20. The van der Waals surface area contributed by atoms with Crippen molar-refractivity contribution in [2.24, 2.45) is 0 Å². The highest BCUT2D eigenvalue weighted by molar-refractivity contribution is 5.84. The summed E-state index contributed by atoms with van der Waals surface area (Å²) >= 11 is 0. The van der Waals surface area contributed by atoms with Gasteiger partial charge in [-0.1, -0.05) is 30.3 Å². The van der Waals surface area contributed by atoms with E-state index in [1.807, 2.05) is 42.5 Å². The van der Waals surface area contributed by atoms with Crippen LogP contribution in [0.15, 0.2) is 65.5 Å². The molecule has 1 aromatic heterocycles. The van der Waals surface area contributed by atoms with Gasteiger partial charge in [0.05, 0.1) is 18.6 Å². The van der Waals surface area contributed by atoms with Gasteiger partial charge >= 0.3 is 0 Å². The monoisotopic (exact) mass is 325 g/mol. The molecule has 124 valence electrons. The Morgan fingerprint density at radius 1 is 1.17 bits per heavy atom. The molecular weight excluding hydrogens is 306 g/mol. The SMILES string of the molecule is O=C(COc1ccc2ccccc2c1)NCCC(O)c1ccoc1. The van der Waals surface area contributed by atoms with E-state index in [9.17, 15) is 9.90 Å². The molecule has 1 amide bonds. The first kappa shape index (κ1) is 16.1. The van der Waals surface area contributed by atoms with E-state index >= 15 is 0 Å². The fourth-order valence-corrected chi connectivity index (χ4v) is 2.44. The average molecular weight is 325 g/mol. The molecule has 0 bridgehead atoms. The molecule has 0 aliphatic rings. The van der Waals surface area contributed by atoms with Gasteiger partial charge in [-0.2, -0.15) is 0 Å². The van der Waals surface area contributed by atoms with Crippen molar-refractivity contribution in [1.29, 1.82) is 0 Å². The number of fused-ring (bicyclic) bond motifs is 1. The maximum atomic E-state index is 11.8. The molecule has 1 unspecified atom stereocenters. The van der Waals surface area contributed by atoms with Crippen molar-refractivity contribution >= 4 is 16.7 Å². The number of ether oxygens (including phenoxy) is 1. The van der Waals surface area contributed by atoms with Gasteiger partial charge in [-0.3, -0.25) is 4.79 Å². The van der Waals surface area contributed by atoms with Crippen LogP contribution in [0.2, 0.25) is 0 Å². The van der Waals surface area contributed by atoms with E-state index in [-0.39, 0.29) is 12.5 Å². The summed E-state index contributed by atoms with van der Waals surface area (Å²) in [7, 11) is 0. The third-order valence-electron chi connectivity index (χ3n) is 3.76. The number of rotatable bonds is 7. The standard InChI is InChI=1S/C19H19NO4/c21-18(16-8-10-23-12-16)7-9-20-19(22)13-24-17-6-5-14-3-1-2-4-15(14)11-17/h1-6,8,10-12,18,21H,7,9,13H2,(H,20,22). The van der Waals surface area contributed by atoms with Crippen molar-refractivity contribution in [2.45, 2.75) is 12.5 Å². The Morgan fingerprint density at radius 2 is 2.00 bits per heavy atom. The van der Waals surface area contributed by atoms with E-state index < -0.39 is 6.10 Å². The zero-order valence-corrected chi connectivity index (χ0v) is 13.1. The largest absolute Gasteiger partial charge is 0.484 e. The number of hydrogen-bond donors (Lipinski definition) is 2. The van der Waals surface area contributed by atoms with E-state index in [0.717, 1.165) is 10.8 Å². The molecule has 0 radical (unpaired) electrons. The van der Waals surface area contributed by atoms with E-state index in [0.29, 0.717) is 24.3 Å². The van der Waals surface area contributed by atoms with E-state index in [1.165, 1.54) is 12.5 Å². The molecule has 2 N–H and O–H groups in total. The van der Waals surface area contributed by atoms with Crippen LogP contribution in [0.25, 0.3) is 10.8 Å². The smallest absolute Gasteiger partial charge is 0.257 e. The fourth-order valence-electron chi connectivity index (χ4n) is 2.44. The number of amides is 1. The van der Waals surface area contributed by atoms with Crippen LogP contribution in [0.5, 0.6) is 5.75 Å². The summed E-state index contributed by atoms with van der Waals surface area (Å²) in [5.74, 6) is 0.435. The molecule has 0 spiro atoms. The lowest BCUT2D eigenvalue weighted by Crippen LogP contribution is -2.30. The lowest BCUT2D eigenvalue weighted by molar-refractivity contribution is -0.123. The summed E-state index contributed by atoms with van der Waals surface area (Å²) in [4.78, 5) is 11.8. The Morgan fingerprint density at radius 3 is 2.79 bits per heavy atom. The Labute approximate surface area is 139 Å². The van der Waals surface area contributed by atoms with Crippen molar-refractivity contribution in [3.8, 4) is 5.75 Å². The number of benzene rings is 2. The normalized spacial score (nSPS) is 12.0. The lowest BCUT2D eigenvalue weighted by atomic mass is 10.1. The maximum Gasteiger partial charge on any atom is 0.257 e. The van der Waals surface area contributed by atoms with Crippen molar-refractivity contribution in [2.75, 3.05) is 13.2 Å². The summed E-state index contributed by atoms with van der Waals surface area (Å²) in [6, 6.07) is 15.4. The molecule has 24 heavy (non-hydrogen) atoms. The van der Waals surface area contributed by atoms with Crippen LogP contribution in [0.1, 0.15) is 18.1 Å². The predicted molar refractivity (Wildman–Crippen MR) is 90.7 cm³/mol. The molecule has 3 aromatic rings. The third kappa shape index (κ3) is 4.14. The molecular formula is C19H19NO4. The molecule has 1 heterocycles. The molecule has 5 nitrogen and oxygen atoms in total. The van der Waals surface area contributed by atoms with Crippen LogP contribution in [0.3, 0.4) is 0 Å². The van der Waals surface area contributed by atoms with Gasteiger partial charge in [0.25, 0.3) is 5.91 Å². The van der Waals surface area contributed by atoms with Gasteiger partial charge in [-0.25, -0.2) is 0 Å². The van der Waals surface area contributed by atoms with Crippen LogP contribution in [0.4, 0.5) is 0 Å². The minimum Gasteiger partial charge on any atom is -0.484 e. The van der Waals surface area contributed by atoms with Gasteiger partial charge in [-0.05, 0) is 35.4 Å². The van der Waals surface area contributed by atoms with E-state index in [2.05, 4.69) is 5.32 Å². The maximum absolute atomic E-state index is 11.8. The quantitative estimate of drug-likeness (QED) is 0.700. The Balaban J connectivity index is 1.43. The van der Waals surface area contributed by atoms with Gasteiger partial charge < -0.3 is 19.6 Å². The average Bonchev–Trinajstić information content (AvgIpc) is 3.14. The van der Waals surface area contributed by atoms with Crippen molar-refractivity contribution in [1.82, 2.24) is 5.32 Å². The number of aliphatic hydroxyl groups excluding tert-OH is 1. The number of furan rings is 1. The second-order valence-corrected chi connectivity index (χ2v) is 5.51. The predicted octanol–water partition coefficient (Wildman–Crippen LogP) is 3.05. The number of carbonyl (C=O) groups excluding carboxylic acids is 1. The first-order chi connectivity index (χ1) is 11.7. The number of carbonyl (C=O) groups is 1. The highest BCUT2D eigenvalue weighted by Gasteiger charge is 2.09. The van der Waals surface area contributed by atoms with Crippen LogP contribution >= 0.6 is 0 Å². The second kappa shape index (κ2) is 7.66. The minimum atomic E-state index is -0.648. The molecule has 0 fully saturated rings. The number of hydrogen-bond acceptors (Lipinski definition) is 4. The molecule has 0 aliphatic heterocycles. The highest BCUT2D eigenvalue weighted by atomic mass is 16.5. The van der Waals surface area contributed by atoms with E-state index in [4.69, 9.17) is 9.15 Å². The van der Waals surface area contributed by atoms with Gasteiger partial charge in [0.2, 0.25) is 0 Å². The van der Waals surface area contributed by atoms with Gasteiger partial charge in [0.15, 0.2) is 6.61 Å². The molecule has 1 atom stereocenters. The van der Waals surface area contributed by atoms with Crippen molar-refractivity contribution in [3.63, 3.8) is 0 Å². The summed E-state index contributed by atoms with van der Waals surface area (Å²) in [5.41, 5.74) is 0.705. The number of nitrogens with one attached hydrogen (secondary N) is 1. The molecule has 2 aromatic carbocycles. The zero-order valence-electron chi connectivity index (χ0n) is 13.1. The van der Waals surface area contributed by atoms with Crippen molar-refractivity contribution < 1.29 is 19.1 Å². The van der Waals surface area contributed by atoms with Crippen LogP contribution in [0, 0.1) is 0 Å². The first-order valence-corrected chi connectivity index (χ1v) is 7.81. The number of aliphatic hydroxyl groups is 1.